The van der Waals surface area contributed by atoms with Crippen LogP contribution in [0.2, 0.25) is 0 Å². The van der Waals surface area contributed by atoms with Crippen molar-refractivity contribution in [2.45, 2.75) is 61.5 Å². The number of phenols is 1. The van der Waals surface area contributed by atoms with Crippen molar-refractivity contribution < 1.29 is 14.6 Å². The zero-order valence-electron chi connectivity index (χ0n) is 16.6. The van der Waals surface area contributed by atoms with Gasteiger partial charge in [0.05, 0.1) is 19.3 Å². The highest BCUT2D eigenvalue weighted by Gasteiger charge is 2.25. The summed E-state index contributed by atoms with van der Waals surface area (Å²) in [5.74, 6) is 1.04. The van der Waals surface area contributed by atoms with E-state index in [-0.39, 0.29) is 22.7 Å². The molecule has 0 unspecified atom stereocenters. The molecule has 136 valence electrons. The van der Waals surface area contributed by atoms with E-state index in [2.05, 4.69) is 41.5 Å². The van der Waals surface area contributed by atoms with Crippen LogP contribution in [0.1, 0.15) is 61.0 Å². The molecular formula is C21H34O3. The molecule has 0 aliphatic carbocycles. The van der Waals surface area contributed by atoms with Gasteiger partial charge < -0.3 is 14.6 Å². The van der Waals surface area contributed by atoms with Crippen LogP contribution in [0.4, 0.5) is 0 Å². The first-order valence-corrected chi connectivity index (χ1v) is 8.67. The highest BCUT2D eigenvalue weighted by Crippen LogP contribution is 2.35. The molecule has 0 heterocycles. The standard InChI is InChI=1S/C21H34O3/c1-15(2)24-19(16-10-9-11-17(22)12-16)18(21(6,7)8)13-23-14-20(3,4)5/h9-12,15,22H,13-14H2,1-8H3. The Morgan fingerprint density at radius 1 is 1.08 bits per heavy atom. The zero-order valence-corrected chi connectivity index (χ0v) is 16.6. The number of aromatic hydroxyl groups is 1. The molecule has 24 heavy (non-hydrogen) atoms. The Kier molecular flexibility index (Phi) is 6.91. The minimum atomic E-state index is -0.104. The maximum atomic E-state index is 9.85. The molecule has 3 nitrogen and oxygen atoms in total. The van der Waals surface area contributed by atoms with Gasteiger partial charge in [0.2, 0.25) is 0 Å². The molecule has 0 radical (unpaired) electrons. The summed E-state index contributed by atoms with van der Waals surface area (Å²) in [6.45, 7) is 18.2. The highest BCUT2D eigenvalue weighted by molar-refractivity contribution is 5.65. The summed E-state index contributed by atoms with van der Waals surface area (Å²) in [5, 5.41) is 9.85. The molecule has 1 rings (SSSR count). The minimum Gasteiger partial charge on any atom is -0.508 e. The molecule has 0 atom stereocenters. The Morgan fingerprint density at radius 2 is 1.71 bits per heavy atom. The van der Waals surface area contributed by atoms with Crippen LogP contribution in [0.3, 0.4) is 0 Å². The van der Waals surface area contributed by atoms with Crippen LogP contribution >= 0.6 is 0 Å². The predicted molar refractivity (Wildman–Crippen MR) is 101 cm³/mol. The lowest BCUT2D eigenvalue weighted by Gasteiger charge is -2.29. The van der Waals surface area contributed by atoms with Crippen molar-refractivity contribution in [2.75, 3.05) is 13.2 Å². The van der Waals surface area contributed by atoms with Gasteiger partial charge in [-0.1, -0.05) is 53.7 Å². The van der Waals surface area contributed by atoms with Crippen LogP contribution in [0.25, 0.3) is 5.76 Å². The van der Waals surface area contributed by atoms with Crippen LogP contribution in [-0.4, -0.2) is 24.4 Å². The molecule has 0 fully saturated rings. The molecule has 0 bridgehead atoms. The summed E-state index contributed by atoms with van der Waals surface area (Å²) < 4.78 is 12.2. The van der Waals surface area contributed by atoms with Crippen molar-refractivity contribution in [3.63, 3.8) is 0 Å². The molecule has 0 amide bonds. The molecule has 0 spiro atoms. The summed E-state index contributed by atoms with van der Waals surface area (Å²) in [6.07, 6.45) is 0.0438. The first kappa shape index (κ1) is 20.6. The molecular weight excluding hydrogens is 300 g/mol. The third-order valence-corrected chi connectivity index (χ3v) is 3.42. The van der Waals surface area contributed by atoms with E-state index in [4.69, 9.17) is 9.47 Å². The molecule has 0 saturated carbocycles. The van der Waals surface area contributed by atoms with Gasteiger partial charge in [-0.3, -0.25) is 0 Å². The van der Waals surface area contributed by atoms with Gasteiger partial charge in [-0.05, 0) is 36.8 Å². The van der Waals surface area contributed by atoms with Crippen LogP contribution < -0.4 is 0 Å². The Bertz CT molecular complexity index is 557. The highest BCUT2D eigenvalue weighted by atomic mass is 16.5. The maximum Gasteiger partial charge on any atom is 0.129 e. The lowest BCUT2D eigenvalue weighted by Crippen LogP contribution is -2.22. The van der Waals surface area contributed by atoms with E-state index in [9.17, 15) is 5.11 Å². The van der Waals surface area contributed by atoms with Gasteiger partial charge in [0.1, 0.15) is 11.5 Å². The largest absolute Gasteiger partial charge is 0.508 e. The van der Waals surface area contributed by atoms with E-state index in [1.165, 1.54) is 0 Å². The average Bonchev–Trinajstić information content (AvgIpc) is 2.39. The fourth-order valence-corrected chi connectivity index (χ4v) is 2.28. The van der Waals surface area contributed by atoms with Gasteiger partial charge in [-0.15, -0.1) is 0 Å². The topological polar surface area (TPSA) is 38.7 Å². The van der Waals surface area contributed by atoms with Crippen molar-refractivity contribution in [1.82, 2.24) is 0 Å². The van der Waals surface area contributed by atoms with Crippen LogP contribution in [-0.2, 0) is 9.47 Å². The number of phenolic OH excluding ortho intramolecular Hbond substituents is 1. The first-order valence-electron chi connectivity index (χ1n) is 8.67. The molecule has 1 aromatic rings. The van der Waals surface area contributed by atoms with Gasteiger partial charge in [0.25, 0.3) is 0 Å². The van der Waals surface area contributed by atoms with Gasteiger partial charge in [0.15, 0.2) is 0 Å². The molecule has 1 aromatic carbocycles. The van der Waals surface area contributed by atoms with E-state index in [0.29, 0.717) is 13.2 Å². The molecule has 0 saturated heterocycles. The average molecular weight is 334 g/mol. The van der Waals surface area contributed by atoms with Gasteiger partial charge in [-0.25, -0.2) is 0 Å². The van der Waals surface area contributed by atoms with Crippen LogP contribution in [0.15, 0.2) is 29.8 Å². The van der Waals surface area contributed by atoms with E-state index >= 15 is 0 Å². The Labute approximate surface area is 147 Å². The van der Waals surface area contributed by atoms with Crippen molar-refractivity contribution in [3.05, 3.63) is 35.4 Å². The van der Waals surface area contributed by atoms with Crippen molar-refractivity contribution in [3.8, 4) is 5.75 Å². The lowest BCUT2D eigenvalue weighted by molar-refractivity contribution is 0.0773. The number of hydrogen-bond acceptors (Lipinski definition) is 3. The SMILES string of the molecule is CC(C)OC(=C(COCC(C)(C)C)C(C)(C)C)c1cccc(O)c1. The normalized spacial score (nSPS) is 13.9. The van der Waals surface area contributed by atoms with Gasteiger partial charge >= 0.3 is 0 Å². The van der Waals surface area contributed by atoms with E-state index in [1.807, 2.05) is 26.0 Å². The predicted octanol–water partition coefficient (Wildman–Crippen LogP) is 5.64. The second kappa shape index (κ2) is 8.06. The minimum absolute atomic E-state index is 0.0438. The third kappa shape index (κ3) is 6.96. The number of rotatable bonds is 6. The van der Waals surface area contributed by atoms with Gasteiger partial charge in [0, 0.05) is 11.1 Å². The molecule has 0 aromatic heterocycles. The number of benzene rings is 1. The fourth-order valence-electron chi connectivity index (χ4n) is 2.28. The summed E-state index contributed by atoms with van der Waals surface area (Å²) >= 11 is 0. The molecule has 3 heteroatoms. The Hall–Kier alpha value is -1.48. The van der Waals surface area contributed by atoms with E-state index < -0.39 is 0 Å². The molecule has 1 N–H and O–H groups in total. The summed E-state index contributed by atoms with van der Waals surface area (Å²) in [4.78, 5) is 0. The van der Waals surface area contributed by atoms with Crippen molar-refractivity contribution in [2.24, 2.45) is 10.8 Å². The second-order valence-corrected chi connectivity index (χ2v) is 8.83. The summed E-state index contributed by atoms with van der Waals surface area (Å²) in [6, 6.07) is 7.22. The molecule has 0 aliphatic heterocycles. The van der Waals surface area contributed by atoms with E-state index in [0.717, 1.165) is 16.9 Å². The molecule has 0 aliphatic rings. The first-order chi connectivity index (χ1) is 10.9. The third-order valence-electron chi connectivity index (χ3n) is 3.42. The quantitative estimate of drug-likeness (QED) is 0.684. The van der Waals surface area contributed by atoms with Crippen LogP contribution in [0, 0.1) is 10.8 Å². The number of ether oxygens (including phenoxy) is 2. The van der Waals surface area contributed by atoms with Crippen molar-refractivity contribution >= 4 is 5.76 Å². The van der Waals surface area contributed by atoms with Crippen molar-refractivity contribution in [1.29, 1.82) is 0 Å². The Morgan fingerprint density at radius 3 is 2.17 bits per heavy atom. The smallest absolute Gasteiger partial charge is 0.129 e. The van der Waals surface area contributed by atoms with Gasteiger partial charge in [-0.2, -0.15) is 0 Å². The maximum absolute atomic E-state index is 9.85. The lowest BCUT2D eigenvalue weighted by atomic mass is 9.84. The zero-order chi connectivity index (χ0) is 18.5. The number of hydrogen-bond donors (Lipinski definition) is 1. The fraction of sp³-hybridized carbons (Fsp3) is 0.619. The monoisotopic (exact) mass is 334 g/mol. The van der Waals surface area contributed by atoms with E-state index in [1.54, 1.807) is 12.1 Å². The summed E-state index contributed by atoms with van der Waals surface area (Å²) in [7, 11) is 0. The van der Waals surface area contributed by atoms with Crippen LogP contribution in [0.5, 0.6) is 5.75 Å². The Balaban J connectivity index is 3.28. The second-order valence-electron chi connectivity index (χ2n) is 8.83. The summed E-state index contributed by atoms with van der Waals surface area (Å²) in [5.41, 5.74) is 2.00.